The number of hydrogen-bond acceptors (Lipinski definition) is 5. The first-order valence-electron chi connectivity index (χ1n) is 11.7. The molecule has 0 bridgehead atoms. The summed E-state index contributed by atoms with van der Waals surface area (Å²) in [6, 6.07) is 15.1. The molecule has 2 atom stereocenters. The van der Waals surface area contributed by atoms with Crippen LogP contribution in [0.1, 0.15) is 33.3 Å². The molecule has 0 spiro atoms. The van der Waals surface area contributed by atoms with Gasteiger partial charge in [-0.2, -0.15) is 0 Å². The van der Waals surface area contributed by atoms with E-state index in [2.05, 4.69) is 60.2 Å². The number of benzene rings is 2. The highest BCUT2D eigenvalue weighted by molar-refractivity contribution is 7.99. The second kappa shape index (κ2) is 10.6. The normalized spacial score (nSPS) is 17.8. The van der Waals surface area contributed by atoms with Crippen LogP contribution in [0.25, 0.3) is 33.1 Å². The van der Waals surface area contributed by atoms with Gasteiger partial charge in [-0.1, -0.05) is 32.9 Å². The molecule has 6 heteroatoms. The standard InChI is InChI=1S/C25H26N2O3S.C2H6/c1-4-31-19-7-5-6-17(11-19)20-8-9-22(29-14-18-13-28-16(3)30-18)24-23(20)21-10-15(2)12-26-25(21)27-24;1-2/h5-12,16,18H,4,13-14H2,1-3H3,(H,26,27);1-2H3. The molecule has 2 aromatic carbocycles. The van der Waals surface area contributed by atoms with Gasteiger partial charge < -0.3 is 19.2 Å². The molecule has 4 aromatic rings. The average molecular weight is 465 g/mol. The van der Waals surface area contributed by atoms with E-state index in [0.29, 0.717) is 13.2 Å². The summed E-state index contributed by atoms with van der Waals surface area (Å²) in [5.41, 5.74) is 5.33. The van der Waals surface area contributed by atoms with Crippen LogP contribution in [0.4, 0.5) is 0 Å². The second-order valence-corrected chi connectivity index (χ2v) is 9.16. The lowest BCUT2D eigenvalue weighted by atomic mass is 9.99. The molecule has 174 valence electrons. The maximum atomic E-state index is 6.20. The maximum absolute atomic E-state index is 6.20. The van der Waals surface area contributed by atoms with Gasteiger partial charge in [-0.3, -0.25) is 0 Å². The van der Waals surface area contributed by atoms with Crippen molar-refractivity contribution in [2.24, 2.45) is 0 Å². The monoisotopic (exact) mass is 464 g/mol. The number of rotatable bonds is 6. The Morgan fingerprint density at radius 1 is 1.18 bits per heavy atom. The molecule has 5 nitrogen and oxygen atoms in total. The lowest BCUT2D eigenvalue weighted by Crippen LogP contribution is -2.20. The highest BCUT2D eigenvalue weighted by Gasteiger charge is 2.24. The van der Waals surface area contributed by atoms with Gasteiger partial charge in [0.25, 0.3) is 0 Å². The average Bonchev–Trinajstić information content (AvgIpc) is 3.42. The third-order valence-electron chi connectivity index (χ3n) is 5.49. The van der Waals surface area contributed by atoms with E-state index in [1.165, 1.54) is 16.0 Å². The van der Waals surface area contributed by atoms with E-state index in [1.54, 1.807) is 0 Å². The molecule has 2 unspecified atom stereocenters. The number of H-pyrrole nitrogens is 1. The van der Waals surface area contributed by atoms with Crippen LogP contribution in [-0.2, 0) is 9.47 Å². The fourth-order valence-electron chi connectivity index (χ4n) is 4.11. The van der Waals surface area contributed by atoms with Gasteiger partial charge in [0.05, 0.1) is 12.1 Å². The van der Waals surface area contributed by atoms with Crippen LogP contribution in [-0.4, -0.2) is 41.3 Å². The highest BCUT2D eigenvalue weighted by atomic mass is 32.2. The van der Waals surface area contributed by atoms with Gasteiger partial charge >= 0.3 is 0 Å². The summed E-state index contributed by atoms with van der Waals surface area (Å²) in [7, 11) is 0. The zero-order valence-electron chi connectivity index (χ0n) is 20.0. The molecular weight excluding hydrogens is 432 g/mol. The van der Waals surface area contributed by atoms with E-state index in [1.807, 2.05) is 44.8 Å². The predicted octanol–water partition coefficient (Wildman–Crippen LogP) is 6.97. The number of aryl methyl sites for hydroxylation is 1. The van der Waals surface area contributed by atoms with Crippen molar-refractivity contribution in [2.75, 3.05) is 19.0 Å². The maximum Gasteiger partial charge on any atom is 0.155 e. The van der Waals surface area contributed by atoms with Crippen LogP contribution in [0.5, 0.6) is 5.75 Å². The van der Waals surface area contributed by atoms with Gasteiger partial charge in [-0.15, -0.1) is 11.8 Å². The minimum atomic E-state index is -0.176. The van der Waals surface area contributed by atoms with E-state index in [9.17, 15) is 0 Å². The lowest BCUT2D eigenvalue weighted by Gasteiger charge is -2.13. The Balaban J connectivity index is 0.00000126. The third kappa shape index (κ3) is 5.03. The summed E-state index contributed by atoms with van der Waals surface area (Å²) >= 11 is 1.85. The number of nitrogens with one attached hydrogen (secondary N) is 1. The molecule has 0 aliphatic carbocycles. The Hall–Kier alpha value is -2.54. The van der Waals surface area contributed by atoms with Crippen molar-refractivity contribution in [3.63, 3.8) is 0 Å². The van der Waals surface area contributed by atoms with Gasteiger partial charge in [-0.05, 0) is 66.6 Å². The smallest absolute Gasteiger partial charge is 0.155 e. The summed E-state index contributed by atoms with van der Waals surface area (Å²) in [4.78, 5) is 9.40. The predicted molar refractivity (Wildman–Crippen MR) is 137 cm³/mol. The van der Waals surface area contributed by atoms with Crippen molar-refractivity contribution >= 4 is 33.7 Å². The molecule has 3 heterocycles. The molecule has 0 saturated carbocycles. The molecule has 1 aliphatic heterocycles. The number of ether oxygens (including phenoxy) is 3. The van der Waals surface area contributed by atoms with Gasteiger partial charge in [0.1, 0.15) is 24.1 Å². The summed E-state index contributed by atoms with van der Waals surface area (Å²) < 4.78 is 17.4. The van der Waals surface area contributed by atoms with Crippen molar-refractivity contribution in [3.8, 4) is 16.9 Å². The summed E-state index contributed by atoms with van der Waals surface area (Å²) in [6.45, 7) is 11.2. The van der Waals surface area contributed by atoms with E-state index >= 15 is 0 Å². The molecule has 1 saturated heterocycles. The van der Waals surface area contributed by atoms with Gasteiger partial charge in [0.15, 0.2) is 6.29 Å². The summed E-state index contributed by atoms with van der Waals surface area (Å²) in [5, 5.41) is 2.25. The minimum absolute atomic E-state index is 0.0581. The summed E-state index contributed by atoms with van der Waals surface area (Å²) in [6.07, 6.45) is 1.66. The number of nitrogens with zero attached hydrogens (tertiary/aromatic N) is 1. The van der Waals surface area contributed by atoms with E-state index in [4.69, 9.17) is 14.2 Å². The first-order valence-corrected chi connectivity index (χ1v) is 12.6. The van der Waals surface area contributed by atoms with Crippen molar-refractivity contribution in [2.45, 2.75) is 51.9 Å². The zero-order chi connectivity index (χ0) is 23.4. The van der Waals surface area contributed by atoms with Crippen molar-refractivity contribution < 1.29 is 14.2 Å². The van der Waals surface area contributed by atoms with Crippen molar-refractivity contribution in [1.82, 2.24) is 9.97 Å². The fourth-order valence-corrected chi connectivity index (χ4v) is 4.83. The largest absolute Gasteiger partial charge is 0.489 e. The van der Waals surface area contributed by atoms with Crippen molar-refractivity contribution in [1.29, 1.82) is 0 Å². The van der Waals surface area contributed by atoms with Crippen LogP contribution in [0.3, 0.4) is 0 Å². The SMILES string of the molecule is CC.CCSc1cccc(-c2ccc(OCC3COC(C)O3)c3[nH]c4ncc(C)cc4c23)c1. The van der Waals surface area contributed by atoms with Crippen molar-refractivity contribution in [3.05, 3.63) is 54.2 Å². The molecular formula is C27H32N2O3S. The number of pyridine rings is 1. The Bertz CT molecular complexity index is 1240. The number of hydrogen-bond donors (Lipinski definition) is 1. The molecule has 0 radical (unpaired) electrons. The molecule has 5 rings (SSSR count). The zero-order valence-corrected chi connectivity index (χ0v) is 20.8. The third-order valence-corrected chi connectivity index (χ3v) is 6.36. The lowest BCUT2D eigenvalue weighted by molar-refractivity contribution is -0.0486. The molecule has 1 N–H and O–H groups in total. The number of thioether (sulfide) groups is 1. The first kappa shape index (κ1) is 23.6. The molecule has 2 aromatic heterocycles. The minimum Gasteiger partial charge on any atom is -0.489 e. The van der Waals surface area contributed by atoms with E-state index < -0.39 is 0 Å². The molecule has 33 heavy (non-hydrogen) atoms. The first-order chi connectivity index (χ1) is 16.1. The van der Waals surface area contributed by atoms with E-state index in [0.717, 1.165) is 39.0 Å². The Morgan fingerprint density at radius 3 is 2.79 bits per heavy atom. The fraction of sp³-hybridized carbons (Fsp3) is 0.370. The Kier molecular flexibility index (Phi) is 7.58. The topological polar surface area (TPSA) is 56.4 Å². The van der Waals surface area contributed by atoms with Gasteiger partial charge in [0, 0.05) is 21.9 Å². The number of aromatic nitrogens is 2. The highest BCUT2D eigenvalue weighted by Crippen LogP contribution is 2.40. The number of aromatic amines is 1. The van der Waals surface area contributed by atoms with Gasteiger partial charge in [-0.25, -0.2) is 4.98 Å². The Labute approximate surface area is 199 Å². The van der Waals surface area contributed by atoms with Crippen LogP contribution in [0.2, 0.25) is 0 Å². The molecule has 1 fully saturated rings. The van der Waals surface area contributed by atoms with Crippen LogP contribution in [0.15, 0.2) is 53.6 Å². The summed E-state index contributed by atoms with van der Waals surface area (Å²) in [5.74, 6) is 1.85. The van der Waals surface area contributed by atoms with Crippen LogP contribution in [0, 0.1) is 6.92 Å². The Morgan fingerprint density at radius 2 is 2.03 bits per heavy atom. The second-order valence-electron chi connectivity index (χ2n) is 7.83. The van der Waals surface area contributed by atoms with Crippen LogP contribution < -0.4 is 4.74 Å². The number of fused-ring (bicyclic) bond motifs is 3. The van der Waals surface area contributed by atoms with Crippen LogP contribution >= 0.6 is 11.8 Å². The quantitative estimate of drug-likeness (QED) is 0.312. The van der Waals surface area contributed by atoms with E-state index in [-0.39, 0.29) is 12.4 Å². The van der Waals surface area contributed by atoms with Gasteiger partial charge in [0.2, 0.25) is 0 Å². The molecule has 1 aliphatic rings. The molecule has 0 amide bonds.